The fraction of sp³-hybridized carbons (Fsp3) is 0.481. The molecule has 8 nitrogen and oxygen atoms in total. The molecule has 192 valence electrons. The third kappa shape index (κ3) is 4.86. The van der Waals surface area contributed by atoms with Crippen LogP contribution in [0.5, 0.6) is 0 Å². The first-order valence-corrected chi connectivity index (χ1v) is 14.3. The molecule has 3 aliphatic heterocycles. The van der Waals surface area contributed by atoms with Gasteiger partial charge in [-0.25, -0.2) is 8.42 Å². The van der Waals surface area contributed by atoms with Crippen LogP contribution in [0.15, 0.2) is 53.4 Å². The van der Waals surface area contributed by atoms with Crippen LogP contribution in [0.2, 0.25) is 0 Å². The van der Waals surface area contributed by atoms with Crippen LogP contribution in [0.4, 0.5) is 11.4 Å². The molecular formula is C27H34N4O4S. The maximum atomic E-state index is 13.4. The molecule has 0 spiro atoms. The molecule has 0 saturated carbocycles. The average molecular weight is 511 g/mol. The molecule has 2 aromatic rings. The minimum atomic E-state index is -3.65. The largest absolute Gasteiger partial charge is 0.368 e. The zero-order valence-electron chi connectivity index (χ0n) is 20.8. The summed E-state index contributed by atoms with van der Waals surface area (Å²) in [5.41, 5.74) is 2.89. The molecule has 0 radical (unpaired) electrons. The molecule has 0 aromatic heterocycles. The first-order chi connectivity index (χ1) is 17.3. The lowest BCUT2D eigenvalue weighted by molar-refractivity contribution is -0.137. The number of hydrogen-bond acceptors (Lipinski definition) is 5. The summed E-state index contributed by atoms with van der Waals surface area (Å²) in [6.45, 7) is 5.90. The zero-order chi connectivity index (χ0) is 25.3. The molecule has 5 rings (SSSR count). The fourth-order valence-corrected chi connectivity index (χ4v) is 7.16. The molecule has 2 fully saturated rings. The summed E-state index contributed by atoms with van der Waals surface area (Å²) in [4.78, 5) is 31.3. The van der Waals surface area contributed by atoms with E-state index in [4.69, 9.17) is 0 Å². The molecule has 0 N–H and O–H groups in total. The van der Waals surface area contributed by atoms with E-state index in [0.717, 1.165) is 37.2 Å². The van der Waals surface area contributed by atoms with E-state index in [9.17, 15) is 18.0 Å². The summed E-state index contributed by atoms with van der Waals surface area (Å²) >= 11 is 0. The fourth-order valence-electron chi connectivity index (χ4n) is 5.64. The molecule has 36 heavy (non-hydrogen) atoms. The Balaban J connectivity index is 1.18. The lowest BCUT2D eigenvalue weighted by Gasteiger charge is -2.39. The van der Waals surface area contributed by atoms with E-state index >= 15 is 0 Å². The van der Waals surface area contributed by atoms with Crippen molar-refractivity contribution in [1.82, 2.24) is 9.21 Å². The Kier molecular flexibility index (Phi) is 7.03. The highest BCUT2D eigenvalue weighted by molar-refractivity contribution is 7.89. The average Bonchev–Trinajstić information content (AvgIpc) is 2.92. The molecule has 0 aliphatic carbocycles. The summed E-state index contributed by atoms with van der Waals surface area (Å²) in [6.07, 6.45) is 2.67. The molecule has 2 aromatic carbocycles. The minimum absolute atomic E-state index is 0.0280. The Morgan fingerprint density at radius 3 is 2.22 bits per heavy atom. The van der Waals surface area contributed by atoms with E-state index in [2.05, 4.69) is 17.0 Å². The third-order valence-corrected chi connectivity index (χ3v) is 9.60. The number of para-hydroxylation sites is 1. The molecule has 0 atom stereocenters. The van der Waals surface area contributed by atoms with Crippen molar-refractivity contribution in [1.29, 1.82) is 0 Å². The highest BCUT2D eigenvalue weighted by Crippen LogP contribution is 2.32. The smallest absolute Gasteiger partial charge is 0.243 e. The standard InChI is InChI=1S/C27H34N4O4S/c1-21(32)31-13-5-6-23-20-25(9-10-26(23)31)36(34,35)30-14-11-22(12-15-30)27(33)29-18-16-28(17-19-29)24-7-3-2-4-8-24/h2-4,7-10,20,22H,5-6,11-19H2,1H3. The number of piperidine rings is 1. The van der Waals surface area contributed by atoms with Crippen molar-refractivity contribution in [3.05, 3.63) is 54.1 Å². The van der Waals surface area contributed by atoms with Gasteiger partial charge >= 0.3 is 0 Å². The van der Waals surface area contributed by atoms with Crippen LogP contribution in [0.1, 0.15) is 31.7 Å². The number of anilines is 2. The summed E-state index contributed by atoms with van der Waals surface area (Å²) in [5, 5.41) is 0. The third-order valence-electron chi connectivity index (χ3n) is 7.70. The Bertz CT molecular complexity index is 1220. The summed E-state index contributed by atoms with van der Waals surface area (Å²) in [7, 11) is -3.65. The Hall–Kier alpha value is -2.91. The number of nitrogens with zero attached hydrogens (tertiary/aromatic N) is 4. The quantitative estimate of drug-likeness (QED) is 0.632. The van der Waals surface area contributed by atoms with Crippen molar-refractivity contribution in [3.8, 4) is 0 Å². The van der Waals surface area contributed by atoms with E-state index in [1.807, 2.05) is 23.1 Å². The Labute approximate surface area is 213 Å². The first kappa shape index (κ1) is 24.8. The van der Waals surface area contributed by atoms with E-state index in [0.29, 0.717) is 45.6 Å². The van der Waals surface area contributed by atoms with Crippen molar-refractivity contribution in [2.75, 3.05) is 55.6 Å². The second kappa shape index (κ2) is 10.2. The lowest BCUT2D eigenvalue weighted by Crippen LogP contribution is -2.52. The van der Waals surface area contributed by atoms with Crippen LogP contribution in [-0.4, -0.2) is 75.3 Å². The SMILES string of the molecule is CC(=O)N1CCCc2cc(S(=O)(=O)N3CCC(C(=O)N4CCN(c5ccccc5)CC4)CC3)ccc21. The molecule has 0 unspecified atom stereocenters. The van der Waals surface area contributed by atoms with Gasteiger partial charge in [0.05, 0.1) is 4.90 Å². The van der Waals surface area contributed by atoms with Crippen LogP contribution in [0.25, 0.3) is 0 Å². The van der Waals surface area contributed by atoms with Gasteiger partial charge in [-0.2, -0.15) is 4.31 Å². The van der Waals surface area contributed by atoms with Gasteiger partial charge in [-0.3, -0.25) is 9.59 Å². The second-order valence-electron chi connectivity index (χ2n) is 9.89. The highest BCUT2D eigenvalue weighted by Gasteiger charge is 2.35. The van der Waals surface area contributed by atoms with E-state index in [1.165, 1.54) is 16.9 Å². The zero-order valence-corrected chi connectivity index (χ0v) is 21.6. The molecule has 2 saturated heterocycles. The van der Waals surface area contributed by atoms with Crippen LogP contribution in [0, 0.1) is 5.92 Å². The maximum absolute atomic E-state index is 13.4. The van der Waals surface area contributed by atoms with Crippen LogP contribution < -0.4 is 9.80 Å². The molecule has 3 heterocycles. The van der Waals surface area contributed by atoms with Crippen molar-refractivity contribution >= 4 is 33.2 Å². The number of aryl methyl sites for hydroxylation is 1. The first-order valence-electron chi connectivity index (χ1n) is 12.8. The van der Waals surface area contributed by atoms with Gasteiger partial charge in [0.2, 0.25) is 21.8 Å². The predicted octanol–water partition coefficient (Wildman–Crippen LogP) is 2.74. The van der Waals surface area contributed by atoms with Gasteiger partial charge in [-0.1, -0.05) is 18.2 Å². The molecular weight excluding hydrogens is 476 g/mol. The summed E-state index contributed by atoms with van der Waals surface area (Å²) in [5.74, 6) is -0.00924. The minimum Gasteiger partial charge on any atom is -0.368 e. The van der Waals surface area contributed by atoms with Gasteiger partial charge in [-0.15, -0.1) is 0 Å². The number of benzene rings is 2. The van der Waals surface area contributed by atoms with Gasteiger partial charge in [0, 0.05) is 70.0 Å². The van der Waals surface area contributed by atoms with Crippen molar-refractivity contribution in [2.45, 2.75) is 37.5 Å². The number of sulfonamides is 1. The highest BCUT2D eigenvalue weighted by atomic mass is 32.2. The van der Waals surface area contributed by atoms with Crippen molar-refractivity contribution in [3.63, 3.8) is 0 Å². The van der Waals surface area contributed by atoms with Crippen LogP contribution in [-0.2, 0) is 26.0 Å². The molecule has 2 amide bonds. The second-order valence-corrected chi connectivity index (χ2v) is 11.8. The number of hydrogen-bond donors (Lipinski definition) is 0. The van der Waals surface area contributed by atoms with Crippen LogP contribution in [0.3, 0.4) is 0 Å². The molecule has 0 bridgehead atoms. The number of carbonyl (C=O) groups is 2. The van der Waals surface area contributed by atoms with Gasteiger partial charge in [0.15, 0.2) is 0 Å². The van der Waals surface area contributed by atoms with Gasteiger partial charge in [-0.05, 0) is 61.6 Å². The molecule has 9 heteroatoms. The van der Waals surface area contributed by atoms with Crippen molar-refractivity contribution < 1.29 is 18.0 Å². The summed E-state index contributed by atoms with van der Waals surface area (Å²) in [6, 6.07) is 15.3. The summed E-state index contributed by atoms with van der Waals surface area (Å²) < 4.78 is 28.3. The van der Waals surface area contributed by atoms with Crippen LogP contribution >= 0.6 is 0 Å². The van der Waals surface area contributed by atoms with E-state index < -0.39 is 10.0 Å². The number of fused-ring (bicyclic) bond motifs is 1. The number of amides is 2. The normalized spacial score (nSPS) is 19.8. The number of piperazine rings is 1. The van der Waals surface area contributed by atoms with Gasteiger partial charge in [0.1, 0.15) is 0 Å². The monoisotopic (exact) mass is 510 g/mol. The van der Waals surface area contributed by atoms with Crippen molar-refractivity contribution in [2.24, 2.45) is 5.92 Å². The Morgan fingerprint density at radius 1 is 0.861 bits per heavy atom. The Morgan fingerprint density at radius 2 is 1.56 bits per heavy atom. The predicted molar refractivity (Wildman–Crippen MR) is 140 cm³/mol. The number of carbonyl (C=O) groups excluding carboxylic acids is 2. The van der Waals surface area contributed by atoms with Gasteiger partial charge < -0.3 is 14.7 Å². The van der Waals surface area contributed by atoms with Gasteiger partial charge in [0.25, 0.3) is 0 Å². The molecule has 3 aliphatic rings. The van der Waals surface area contributed by atoms with E-state index in [1.54, 1.807) is 23.1 Å². The topological polar surface area (TPSA) is 81.2 Å². The maximum Gasteiger partial charge on any atom is 0.243 e. The van der Waals surface area contributed by atoms with E-state index in [-0.39, 0.29) is 22.6 Å². The number of rotatable bonds is 4. The lowest BCUT2D eigenvalue weighted by atomic mass is 9.96.